The van der Waals surface area contributed by atoms with Gasteiger partial charge in [0, 0.05) is 42.6 Å². The number of urea groups is 1. The number of nitrogens with zero attached hydrogens (tertiary/aromatic N) is 2. The Labute approximate surface area is 154 Å². The lowest BCUT2D eigenvalue weighted by Gasteiger charge is -2.36. The Hall–Kier alpha value is -2.20. The van der Waals surface area contributed by atoms with Crippen LogP contribution in [0.15, 0.2) is 48.5 Å². The Bertz CT molecular complexity index is 722. The number of para-hydroxylation sites is 1. The lowest BCUT2D eigenvalue weighted by Crippen LogP contribution is -2.50. The lowest BCUT2D eigenvalue weighted by atomic mass is 10.0. The normalized spacial score (nSPS) is 14.7. The third-order valence-electron chi connectivity index (χ3n) is 4.58. The van der Waals surface area contributed by atoms with Crippen molar-refractivity contribution in [2.45, 2.75) is 19.8 Å². The molecule has 2 aromatic rings. The third-order valence-corrected chi connectivity index (χ3v) is 4.84. The van der Waals surface area contributed by atoms with Crippen molar-refractivity contribution >= 4 is 29.0 Å². The van der Waals surface area contributed by atoms with Gasteiger partial charge in [-0.05, 0) is 41.8 Å². The molecule has 0 atom stereocenters. The molecule has 3 rings (SSSR count). The van der Waals surface area contributed by atoms with E-state index >= 15 is 0 Å². The van der Waals surface area contributed by atoms with E-state index in [9.17, 15) is 4.79 Å². The van der Waals surface area contributed by atoms with Gasteiger partial charge in [-0.15, -0.1) is 0 Å². The molecule has 4 nitrogen and oxygen atoms in total. The molecule has 0 aromatic heterocycles. The topological polar surface area (TPSA) is 35.6 Å². The summed E-state index contributed by atoms with van der Waals surface area (Å²) in [5.74, 6) is 0.373. The highest BCUT2D eigenvalue weighted by atomic mass is 35.5. The summed E-state index contributed by atoms with van der Waals surface area (Å²) >= 11 is 5.95. The van der Waals surface area contributed by atoms with Gasteiger partial charge < -0.3 is 15.1 Å². The van der Waals surface area contributed by atoms with Crippen molar-refractivity contribution < 1.29 is 4.79 Å². The van der Waals surface area contributed by atoms with Crippen LogP contribution in [0.4, 0.5) is 16.2 Å². The number of rotatable bonds is 3. The van der Waals surface area contributed by atoms with Gasteiger partial charge in [-0.3, -0.25) is 0 Å². The molecule has 1 aliphatic rings. The van der Waals surface area contributed by atoms with Gasteiger partial charge in [0.2, 0.25) is 0 Å². The summed E-state index contributed by atoms with van der Waals surface area (Å²) < 4.78 is 0. The van der Waals surface area contributed by atoms with E-state index in [1.807, 2.05) is 47.4 Å². The highest BCUT2D eigenvalue weighted by Crippen LogP contribution is 2.24. The van der Waals surface area contributed by atoms with Crippen LogP contribution in [-0.2, 0) is 0 Å². The quantitative estimate of drug-likeness (QED) is 0.854. The molecule has 2 aromatic carbocycles. The molecule has 0 saturated carbocycles. The predicted molar refractivity (Wildman–Crippen MR) is 105 cm³/mol. The molecule has 1 fully saturated rings. The molecule has 25 heavy (non-hydrogen) atoms. The highest BCUT2D eigenvalue weighted by molar-refractivity contribution is 6.30. The first-order valence-corrected chi connectivity index (χ1v) is 9.08. The van der Waals surface area contributed by atoms with E-state index < -0.39 is 0 Å². The Morgan fingerprint density at radius 1 is 1.00 bits per heavy atom. The van der Waals surface area contributed by atoms with E-state index in [2.05, 4.69) is 30.1 Å². The fourth-order valence-electron chi connectivity index (χ4n) is 3.13. The maximum Gasteiger partial charge on any atom is 0.321 e. The molecular weight excluding hydrogens is 334 g/mol. The first-order chi connectivity index (χ1) is 12.0. The van der Waals surface area contributed by atoms with Crippen LogP contribution >= 0.6 is 11.6 Å². The highest BCUT2D eigenvalue weighted by Gasteiger charge is 2.22. The average Bonchev–Trinajstić information content (AvgIpc) is 2.63. The largest absolute Gasteiger partial charge is 0.368 e. The first kappa shape index (κ1) is 17.6. The minimum Gasteiger partial charge on any atom is -0.368 e. The number of halogens is 1. The Kier molecular flexibility index (Phi) is 5.49. The second-order valence-corrected chi connectivity index (χ2v) is 7.06. The summed E-state index contributed by atoms with van der Waals surface area (Å²) in [6.07, 6.45) is 0. The number of benzene rings is 2. The molecule has 2 amide bonds. The average molecular weight is 358 g/mol. The van der Waals surface area contributed by atoms with E-state index in [0.29, 0.717) is 19.0 Å². The van der Waals surface area contributed by atoms with Gasteiger partial charge in [0.15, 0.2) is 0 Å². The van der Waals surface area contributed by atoms with Gasteiger partial charge in [0.05, 0.1) is 0 Å². The van der Waals surface area contributed by atoms with Crippen LogP contribution in [0, 0.1) is 0 Å². The summed E-state index contributed by atoms with van der Waals surface area (Å²) in [7, 11) is 0. The molecule has 0 bridgehead atoms. The number of amides is 2. The van der Waals surface area contributed by atoms with Crippen molar-refractivity contribution in [2.24, 2.45) is 0 Å². The molecule has 132 valence electrons. The van der Waals surface area contributed by atoms with Crippen molar-refractivity contribution in [1.29, 1.82) is 0 Å². The Morgan fingerprint density at radius 2 is 1.64 bits per heavy atom. The van der Waals surface area contributed by atoms with Gasteiger partial charge in [-0.25, -0.2) is 4.79 Å². The molecule has 1 aliphatic heterocycles. The van der Waals surface area contributed by atoms with Crippen LogP contribution < -0.4 is 10.2 Å². The second-order valence-electron chi connectivity index (χ2n) is 6.62. The molecule has 5 heteroatoms. The van der Waals surface area contributed by atoms with Crippen LogP contribution in [0.25, 0.3) is 0 Å². The van der Waals surface area contributed by atoms with Crippen molar-refractivity contribution in [3.63, 3.8) is 0 Å². The first-order valence-electron chi connectivity index (χ1n) is 8.70. The molecule has 1 N–H and O–H groups in total. The number of hydrogen-bond acceptors (Lipinski definition) is 2. The summed E-state index contributed by atoms with van der Waals surface area (Å²) in [6, 6.07) is 15.8. The van der Waals surface area contributed by atoms with Gasteiger partial charge in [-0.2, -0.15) is 0 Å². The minimum atomic E-state index is -0.0242. The van der Waals surface area contributed by atoms with Crippen molar-refractivity contribution in [1.82, 2.24) is 4.90 Å². The Balaban J connectivity index is 1.59. The van der Waals surface area contributed by atoms with Gasteiger partial charge in [0.1, 0.15) is 0 Å². The van der Waals surface area contributed by atoms with Crippen molar-refractivity contribution in [2.75, 3.05) is 36.4 Å². The molecule has 1 heterocycles. The Morgan fingerprint density at radius 3 is 2.28 bits per heavy atom. The van der Waals surface area contributed by atoms with E-state index in [4.69, 9.17) is 11.6 Å². The lowest BCUT2D eigenvalue weighted by molar-refractivity contribution is 0.208. The van der Waals surface area contributed by atoms with E-state index in [1.165, 1.54) is 0 Å². The molecule has 0 radical (unpaired) electrons. The monoisotopic (exact) mass is 357 g/mol. The zero-order valence-corrected chi connectivity index (χ0v) is 15.5. The molecule has 0 aliphatic carbocycles. The van der Waals surface area contributed by atoms with E-state index in [1.54, 1.807) is 0 Å². The number of carbonyl (C=O) groups excluding carboxylic acids is 1. The van der Waals surface area contributed by atoms with Crippen molar-refractivity contribution in [3.8, 4) is 0 Å². The predicted octanol–water partition coefficient (Wildman–Crippen LogP) is 4.82. The van der Waals surface area contributed by atoms with Crippen LogP contribution in [0.5, 0.6) is 0 Å². The summed E-state index contributed by atoms with van der Waals surface area (Å²) in [5, 5.41) is 3.82. The maximum atomic E-state index is 12.6. The second kappa shape index (κ2) is 7.79. The van der Waals surface area contributed by atoms with Gasteiger partial charge in [-0.1, -0.05) is 43.6 Å². The van der Waals surface area contributed by atoms with Crippen LogP contribution in [0.1, 0.15) is 25.3 Å². The molecule has 0 spiro atoms. The number of hydrogen-bond donors (Lipinski definition) is 1. The van der Waals surface area contributed by atoms with E-state index in [0.717, 1.165) is 35.1 Å². The number of carbonyl (C=O) groups is 1. The zero-order valence-electron chi connectivity index (χ0n) is 14.7. The zero-order chi connectivity index (χ0) is 17.8. The maximum absolute atomic E-state index is 12.6. The molecule has 0 unspecified atom stereocenters. The fourth-order valence-corrected chi connectivity index (χ4v) is 3.25. The minimum absolute atomic E-state index is 0.0242. The van der Waals surface area contributed by atoms with Crippen LogP contribution in [-0.4, -0.2) is 37.1 Å². The standard InChI is InChI=1S/C20H24ClN3O/c1-15(2)18-5-3-4-6-19(18)22-20(25)24-13-11-23(12-14-24)17-9-7-16(21)8-10-17/h3-10,15H,11-14H2,1-2H3,(H,22,25). The summed E-state index contributed by atoms with van der Waals surface area (Å²) in [4.78, 5) is 16.8. The summed E-state index contributed by atoms with van der Waals surface area (Å²) in [6.45, 7) is 7.32. The number of nitrogens with one attached hydrogen (secondary N) is 1. The third kappa shape index (κ3) is 4.26. The van der Waals surface area contributed by atoms with Crippen LogP contribution in [0.3, 0.4) is 0 Å². The SMILES string of the molecule is CC(C)c1ccccc1NC(=O)N1CCN(c2ccc(Cl)cc2)CC1. The van der Waals surface area contributed by atoms with Crippen LogP contribution in [0.2, 0.25) is 5.02 Å². The molecule has 1 saturated heterocycles. The number of piperazine rings is 1. The smallest absolute Gasteiger partial charge is 0.321 e. The van der Waals surface area contributed by atoms with Crippen molar-refractivity contribution in [3.05, 3.63) is 59.1 Å². The van der Waals surface area contributed by atoms with Gasteiger partial charge in [0.25, 0.3) is 0 Å². The summed E-state index contributed by atoms with van der Waals surface area (Å²) in [5.41, 5.74) is 3.22. The number of anilines is 2. The molecular formula is C20H24ClN3O. The van der Waals surface area contributed by atoms with Gasteiger partial charge >= 0.3 is 6.03 Å². The van der Waals surface area contributed by atoms with E-state index in [-0.39, 0.29) is 6.03 Å². The fraction of sp³-hybridized carbons (Fsp3) is 0.350.